The number of rotatable bonds is 4. The summed E-state index contributed by atoms with van der Waals surface area (Å²) in [6.45, 7) is 4.08. The average Bonchev–Trinajstić information content (AvgIpc) is 1.97. The lowest BCUT2D eigenvalue weighted by molar-refractivity contribution is 0.810. The second-order valence-electron chi connectivity index (χ2n) is 2.56. The minimum absolute atomic E-state index is 0.322. The van der Waals surface area contributed by atoms with Crippen LogP contribution < -0.4 is 11.3 Å². The summed E-state index contributed by atoms with van der Waals surface area (Å²) in [6, 6.07) is 0.322. The smallest absolute Gasteiger partial charge is 0.111 e. The van der Waals surface area contributed by atoms with Gasteiger partial charge < -0.3 is 5.43 Å². The summed E-state index contributed by atoms with van der Waals surface area (Å²) in [7, 11) is 0. The zero-order chi connectivity index (χ0) is 8.69. The van der Waals surface area contributed by atoms with Gasteiger partial charge in [-0.25, -0.2) is 5.84 Å². The van der Waals surface area contributed by atoms with E-state index in [0.717, 1.165) is 18.0 Å². The van der Waals surface area contributed by atoms with Crippen molar-refractivity contribution >= 4 is 17.6 Å². The van der Waals surface area contributed by atoms with Crippen molar-refractivity contribution in [2.24, 2.45) is 10.8 Å². The van der Waals surface area contributed by atoms with Gasteiger partial charge in [0.15, 0.2) is 0 Å². The van der Waals surface area contributed by atoms with Crippen molar-refractivity contribution in [1.82, 2.24) is 5.43 Å². The number of nitrogens with one attached hydrogen (secondary N) is 1. The van der Waals surface area contributed by atoms with Crippen LogP contribution in [-0.4, -0.2) is 23.9 Å². The fourth-order valence-electron chi connectivity index (χ4n) is 0.684. The molecule has 0 aliphatic rings. The number of hydrogen-bond donors (Lipinski definition) is 2. The van der Waals surface area contributed by atoms with Crippen LogP contribution in [0.3, 0.4) is 0 Å². The molecule has 66 valence electrons. The summed E-state index contributed by atoms with van der Waals surface area (Å²) in [5, 5.41) is 0. The summed E-state index contributed by atoms with van der Waals surface area (Å²) in [4.78, 5) is 4.30. The van der Waals surface area contributed by atoms with Crippen LogP contribution >= 0.6 is 11.8 Å². The summed E-state index contributed by atoms with van der Waals surface area (Å²) >= 11 is 1.80. The lowest BCUT2D eigenvalue weighted by Crippen LogP contribution is -2.31. The summed E-state index contributed by atoms with van der Waals surface area (Å²) < 4.78 is 0. The summed E-state index contributed by atoms with van der Waals surface area (Å²) in [6.07, 6.45) is 3.00. The molecule has 0 bridgehead atoms. The highest BCUT2D eigenvalue weighted by molar-refractivity contribution is 7.98. The Balaban J connectivity index is 3.74. The molecule has 11 heavy (non-hydrogen) atoms. The van der Waals surface area contributed by atoms with Crippen molar-refractivity contribution in [3.8, 4) is 0 Å². The third kappa shape index (κ3) is 6.19. The van der Waals surface area contributed by atoms with Crippen LogP contribution in [0.1, 0.15) is 20.3 Å². The van der Waals surface area contributed by atoms with Crippen LogP contribution in [0.15, 0.2) is 4.99 Å². The number of nitrogens with two attached hydrogens (primary N) is 1. The molecule has 0 aliphatic carbocycles. The van der Waals surface area contributed by atoms with Gasteiger partial charge in [-0.05, 0) is 20.1 Å². The molecule has 0 saturated carbocycles. The van der Waals surface area contributed by atoms with E-state index in [1.54, 1.807) is 11.8 Å². The van der Waals surface area contributed by atoms with Gasteiger partial charge in [-0.2, -0.15) is 11.8 Å². The number of amidine groups is 1. The first-order chi connectivity index (χ1) is 5.20. The molecule has 0 aromatic heterocycles. The minimum Gasteiger partial charge on any atom is -0.312 e. The molecule has 0 aromatic carbocycles. The number of nitrogens with zero attached hydrogens (tertiary/aromatic N) is 1. The number of aliphatic imine (C=N–C) groups is 1. The normalized spacial score (nSPS) is 12.3. The van der Waals surface area contributed by atoms with Gasteiger partial charge in [-0.1, -0.05) is 0 Å². The van der Waals surface area contributed by atoms with Gasteiger partial charge in [0.2, 0.25) is 0 Å². The number of thioether (sulfide) groups is 1. The van der Waals surface area contributed by atoms with Gasteiger partial charge in [0.05, 0.1) is 0 Å². The van der Waals surface area contributed by atoms with E-state index in [1.807, 2.05) is 13.8 Å². The van der Waals surface area contributed by atoms with Gasteiger partial charge in [0.1, 0.15) is 5.84 Å². The van der Waals surface area contributed by atoms with Crippen LogP contribution in [-0.2, 0) is 0 Å². The molecule has 3 N–H and O–H groups in total. The van der Waals surface area contributed by atoms with Gasteiger partial charge >= 0.3 is 0 Å². The van der Waals surface area contributed by atoms with Crippen LogP contribution in [0.2, 0.25) is 0 Å². The zero-order valence-corrected chi connectivity index (χ0v) is 8.24. The van der Waals surface area contributed by atoms with Gasteiger partial charge in [-0.3, -0.25) is 4.99 Å². The molecule has 0 atom stereocenters. The van der Waals surface area contributed by atoms with Gasteiger partial charge in [0, 0.05) is 18.2 Å². The molecular weight excluding hydrogens is 158 g/mol. The third-order valence-electron chi connectivity index (χ3n) is 1.12. The third-order valence-corrected chi connectivity index (χ3v) is 1.74. The van der Waals surface area contributed by atoms with E-state index in [2.05, 4.69) is 16.7 Å². The standard InChI is InChI=1S/C7H17N3S/c1-6(2)9-7(10-8)4-5-11-3/h6H,4-5,8H2,1-3H3,(H,9,10). The lowest BCUT2D eigenvalue weighted by atomic mass is 10.4. The van der Waals surface area contributed by atoms with Crippen molar-refractivity contribution < 1.29 is 0 Å². The Morgan fingerprint density at radius 2 is 2.27 bits per heavy atom. The molecule has 0 saturated heterocycles. The van der Waals surface area contributed by atoms with Crippen LogP contribution in [0.25, 0.3) is 0 Å². The molecule has 0 aromatic rings. The Morgan fingerprint density at radius 1 is 1.64 bits per heavy atom. The molecule has 3 nitrogen and oxygen atoms in total. The first-order valence-electron chi connectivity index (χ1n) is 3.73. The Hall–Kier alpha value is -0.220. The average molecular weight is 175 g/mol. The van der Waals surface area contributed by atoms with E-state index >= 15 is 0 Å². The van der Waals surface area contributed by atoms with E-state index in [1.165, 1.54) is 0 Å². The maximum Gasteiger partial charge on any atom is 0.111 e. The summed E-state index contributed by atoms with van der Waals surface area (Å²) in [5.74, 6) is 7.23. The maximum absolute atomic E-state index is 5.27. The predicted molar refractivity (Wildman–Crippen MR) is 52.9 cm³/mol. The molecule has 0 rings (SSSR count). The minimum atomic E-state index is 0.322. The fraction of sp³-hybridized carbons (Fsp3) is 0.857. The lowest BCUT2D eigenvalue weighted by Gasteiger charge is -2.05. The van der Waals surface area contributed by atoms with Crippen molar-refractivity contribution in [2.75, 3.05) is 12.0 Å². The molecule has 0 radical (unpaired) electrons. The van der Waals surface area contributed by atoms with E-state index in [0.29, 0.717) is 6.04 Å². The molecule has 0 fully saturated rings. The fourth-order valence-corrected chi connectivity index (χ4v) is 1.08. The number of hydrazine groups is 1. The predicted octanol–water partition coefficient (Wildman–Crippen LogP) is 1.01. The molecule has 0 amide bonds. The molecule has 0 aliphatic heterocycles. The van der Waals surface area contributed by atoms with Gasteiger partial charge in [0.25, 0.3) is 0 Å². The largest absolute Gasteiger partial charge is 0.312 e. The topological polar surface area (TPSA) is 50.4 Å². The first kappa shape index (κ1) is 10.8. The van der Waals surface area contributed by atoms with Gasteiger partial charge in [-0.15, -0.1) is 0 Å². The molecule has 4 heteroatoms. The monoisotopic (exact) mass is 175 g/mol. The van der Waals surface area contributed by atoms with Crippen LogP contribution in [0.5, 0.6) is 0 Å². The Kier molecular flexibility index (Phi) is 6.36. The van der Waals surface area contributed by atoms with E-state index < -0.39 is 0 Å². The highest BCUT2D eigenvalue weighted by Crippen LogP contribution is 1.97. The van der Waals surface area contributed by atoms with E-state index in [9.17, 15) is 0 Å². The highest BCUT2D eigenvalue weighted by atomic mass is 32.2. The Morgan fingerprint density at radius 3 is 2.64 bits per heavy atom. The first-order valence-corrected chi connectivity index (χ1v) is 5.12. The Bertz CT molecular complexity index is 123. The van der Waals surface area contributed by atoms with Crippen LogP contribution in [0, 0.1) is 0 Å². The SMILES string of the molecule is CSCCC(=NC(C)C)NN. The molecule has 0 heterocycles. The van der Waals surface area contributed by atoms with E-state index in [4.69, 9.17) is 5.84 Å². The highest BCUT2D eigenvalue weighted by Gasteiger charge is 1.96. The van der Waals surface area contributed by atoms with Crippen molar-refractivity contribution in [2.45, 2.75) is 26.3 Å². The number of hydrogen-bond acceptors (Lipinski definition) is 3. The molecule has 0 spiro atoms. The van der Waals surface area contributed by atoms with Crippen molar-refractivity contribution in [3.05, 3.63) is 0 Å². The zero-order valence-electron chi connectivity index (χ0n) is 7.42. The molecule has 0 unspecified atom stereocenters. The van der Waals surface area contributed by atoms with Crippen molar-refractivity contribution in [1.29, 1.82) is 0 Å². The summed E-state index contributed by atoms with van der Waals surface area (Å²) in [5.41, 5.74) is 2.60. The second kappa shape index (κ2) is 6.49. The van der Waals surface area contributed by atoms with Crippen molar-refractivity contribution in [3.63, 3.8) is 0 Å². The maximum atomic E-state index is 5.27. The quantitative estimate of drug-likeness (QED) is 0.290. The molecular formula is C7H17N3S. The van der Waals surface area contributed by atoms with E-state index in [-0.39, 0.29) is 0 Å². The second-order valence-corrected chi connectivity index (χ2v) is 3.54. The van der Waals surface area contributed by atoms with Crippen LogP contribution in [0.4, 0.5) is 0 Å². The Labute approximate surface area is 72.8 Å².